The van der Waals surface area contributed by atoms with Crippen LogP contribution in [0.1, 0.15) is 38.2 Å². The van der Waals surface area contributed by atoms with Crippen molar-refractivity contribution in [3.8, 4) is 0 Å². The molecule has 1 rings (SSSR count). The SMILES string of the molecule is Cc1c(C)c(C)c(C(=O)NC(CO)C(=O)O)c(C)c1C. The van der Waals surface area contributed by atoms with E-state index >= 15 is 0 Å². The summed E-state index contributed by atoms with van der Waals surface area (Å²) in [5, 5.41) is 20.2. The Labute approximate surface area is 118 Å². The molecule has 0 aliphatic heterocycles. The summed E-state index contributed by atoms with van der Waals surface area (Å²) in [6.45, 7) is 8.93. The second-order valence-corrected chi connectivity index (χ2v) is 5.05. The number of aliphatic carboxylic acids is 1. The number of amides is 1. The van der Waals surface area contributed by atoms with Crippen molar-refractivity contribution in [2.75, 3.05) is 6.61 Å². The first-order valence-electron chi connectivity index (χ1n) is 6.43. The number of rotatable bonds is 4. The molecule has 0 aromatic heterocycles. The van der Waals surface area contributed by atoms with E-state index < -0.39 is 24.5 Å². The van der Waals surface area contributed by atoms with Crippen LogP contribution in [-0.2, 0) is 4.79 Å². The van der Waals surface area contributed by atoms with Crippen molar-refractivity contribution in [1.82, 2.24) is 5.32 Å². The zero-order valence-corrected chi connectivity index (χ0v) is 12.5. The lowest BCUT2D eigenvalue weighted by Gasteiger charge is -2.19. The molecule has 1 atom stereocenters. The number of carbonyl (C=O) groups excluding carboxylic acids is 1. The van der Waals surface area contributed by atoms with Gasteiger partial charge in [-0.25, -0.2) is 4.79 Å². The summed E-state index contributed by atoms with van der Waals surface area (Å²) < 4.78 is 0. The van der Waals surface area contributed by atoms with Crippen molar-refractivity contribution >= 4 is 11.9 Å². The Morgan fingerprint density at radius 3 is 1.70 bits per heavy atom. The number of hydrogen-bond acceptors (Lipinski definition) is 3. The van der Waals surface area contributed by atoms with Crippen LogP contribution < -0.4 is 5.32 Å². The maximum absolute atomic E-state index is 12.3. The van der Waals surface area contributed by atoms with Crippen molar-refractivity contribution in [3.63, 3.8) is 0 Å². The van der Waals surface area contributed by atoms with E-state index in [1.54, 1.807) is 0 Å². The van der Waals surface area contributed by atoms with E-state index in [0.717, 1.165) is 27.8 Å². The average molecular weight is 279 g/mol. The Balaban J connectivity index is 3.27. The molecule has 0 bridgehead atoms. The van der Waals surface area contributed by atoms with E-state index in [4.69, 9.17) is 10.2 Å². The monoisotopic (exact) mass is 279 g/mol. The van der Waals surface area contributed by atoms with Crippen molar-refractivity contribution < 1.29 is 19.8 Å². The average Bonchev–Trinajstić information content (AvgIpc) is 2.40. The molecule has 0 spiro atoms. The number of carboxylic acid groups (broad SMARTS) is 1. The molecule has 0 radical (unpaired) electrons. The van der Waals surface area contributed by atoms with Gasteiger partial charge in [0.1, 0.15) is 0 Å². The second-order valence-electron chi connectivity index (χ2n) is 5.05. The zero-order valence-electron chi connectivity index (χ0n) is 12.5. The number of benzene rings is 1. The summed E-state index contributed by atoms with van der Waals surface area (Å²) in [5.74, 6) is -1.72. The van der Waals surface area contributed by atoms with Crippen LogP contribution in [0.25, 0.3) is 0 Å². The Morgan fingerprint density at radius 2 is 1.35 bits per heavy atom. The van der Waals surface area contributed by atoms with Crippen molar-refractivity contribution in [1.29, 1.82) is 0 Å². The van der Waals surface area contributed by atoms with Gasteiger partial charge in [0.2, 0.25) is 0 Å². The number of carbonyl (C=O) groups is 2. The molecule has 1 aromatic carbocycles. The Hall–Kier alpha value is -1.88. The van der Waals surface area contributed by atoms with Gasteiger partial charge in [-0.1, -0.05) is 0 Å². The molecular weight excluding hydrogens is 258 g/mol. The fourth-order valence-electron chi connectivity index (χ4n) is 2.26. The summed E-state index contributed by atoms with van der Waals surface area (Å²) in [4.78, 5) is 23.2. The first-order valence-corrected chi connectivity index (χ1v) is 6.43. The second kappa shape index (κ2) is 6.05. The highest BCUT2D eigenvalue weighted by Gasteiger charge is 2.23. The summed E-state index contributed by atoms with van der Waals surface area (Å²) in [6, 6.07) is -1.29. The third-order valence-electron chi connectivity index (χ3n) is 4.01. The molecule has 5 heteroatoms. The first-order chi connectivity index (χ1) is 9.22. The van der Waals surface area contributed by atoms with E-state index in [1.165, 1.54) is 0 Å². The van der Waals surface area contributed by atoms with Gasteiger partial charge in [0.25, 0.3) is 5.91 Å². The van der Waals surface area contributed by atoms with Gasteiger partial charge in [0.15, 0.2) is 6.04 Å². The van der Waals surface area contributed by atoms with Gasteiger partial charge < -0.3 is 15.5 Å². The van der Waals surface area contributed by atoms with E-state index in [9.17, 15) is 9.59 Å². The van der Waals surface area contributed by atoms with E-state index in [2.05, 4.69) is 5.32 Å². The topological polar surface area (TPSA) is 86.6 Å². The highest BCUT2D eigenvalue weighted by Crippen LogP contribution is 2.25. The van der Waals surface area contributed by atoms with Crippen molar-refractivity contribution in [2.24, 2.45) is 0 Å². The van der Waals surface area contributed by atoms with Crippen LogP contribution >= 0.6 is 0 Å². The number of aliphatic hydroxyl groups excluding tert-OH is 1. The van der Waals surface area contributed by atoms with Crippen LogP contribution in [0.2, 0.25) is 0 Å². The number of carboxylic acids is 1. The minimum atomic E-state index is -1.29. The van der Waals surface area contributed by atoms with Gasteiger partial charge in [0, 0.05) is 5.56 Å². The van der Waals surface area contributed by atoms with Crippen LogP contribution in [0.5, 0.6) is 0 Å². The highest BCUT2D eigenvalue weighted by molar-refractivity contribution is 5.99. The molecule has 1 aromatic rings. The summed E-state index contributed by atoms with van der Waals surface area (Å²) in [6.07, 6.45) is 0. The lowest BCUT2D eigenvalue weighted by molar-refractivity contribution is -0.140. The predicted molar refractivity (Wildman–Crippen MR) is 76.1 cm³/mol. The van der Waals surface area contributed by atoms with Crippen molar-refractivity contribution in [3.05, 3.63) is 33.4 Å². The van der Waals surface area contributed by atoms with Crippen LogP contribution in [0, 0.1) is 34.6 Å². The van der Waals surface area contributed by atoms with E-state index in [0.29, 0.717) is 5.56 Å². The molecule has 0 heterocycles. The third kappa shape index (κ3) is 2.82. The molecule has 0 aliphatic carbocycles. The molecule has 110 valence electrons. The predicted octanol–water partition coefficient (Wildman–Crippen LogP) is 1.40. The van der Waals surface area contributed by atoms with Crippen LogP contribution in [0.4, 0.5) is 0 Å². The normalized spacial score (nSPS) is 12.1. The maximum Gasteiger partial charge on any atom is 0.328 e. The number of hydrogen-bond donors (Lipinski definition) is 3. The Bertz CT molecular complexity index is 534. The standard InChI is InChI=1S/C15H21NO4/c1-7-8(2)10(4)13(11(5)9(7)3)14(18)16-12(6-17)15(19)20/h12,17H,6H2,1-5H3,(H,16,18)(H,19,20). The van der Waals surface area contributed by atoms with E-state index in [-0.39, 0.29) is 0 Å². The minimum absolute atomic E-state index is 0.465. The largest absolute Gasteiger partial charge is 0.480 e. The molecule has 0 fully saturated rings. The molecule has 1 amide bonds. The van der Waals surface area contributed by atoms with Gasteiger partial charge in [0.05, 0.1) is 6.61 Å². The zero-order chi connectivity index (χ0) is 15.6. The maximum atomic E-state index is 12.3. The molecule has 3 N–H and O–H groups in total. The number of nitrogens with one attached hydrogen (secondary N) is 1. The molecule has 5 nitrogen and oxygen atoms in total. The van der Waals surface area contributed by atoms with Gasteiger partial charge in [-0.3, -0.25) is 4.79 Å². The summed E-state index contributed by atoms with van der Waals surface area (Å²) in [5.41, 5.74) is 5.34. The number of aliphatic hydroxyl groups is 1. The molecule has 0 aliphatic rings. The lowest BCUT2D eigenvalue weighted by Crippen LogP contribution is -2.43. The van der Waals surface area contributed by atoms with Gasteiger partial charge in [-0.2, -0.15) is 0 Å². The minimum Gasteiger partial charge on any atom is -0.480 e. The van der Waals surface area contributed by atoms with Crippen LogP contribution in [0.15, 0.2) is 0 Å². The van der Waals surface area contributed by atoms with Crippen LogP contribution in [-0.4, -0.2) is 34.7 Å². The quantitative estimate of drug-likeness (QED) is 0.777. The summed E-state index contributed by atoms with van der Waals surface area (Å²) in [7, 11) is 0. The molecule has 0 saturated heterocycles. The fourth-order valence-corrected chi connectivity index (χ4v) is 2.26. The van der Waals surface area contributed by atoms with Crippen LogP contribution in [0.3, 0.4) is 0 Å². The fraction of sp³-hybridized carbons (Fsp3) is 0.467. The Morgan fingerprint density at radius 1 is 0.950 bits per heavy atom. The Kier molecular flexibility index (Phi) is 4.89. The van der Waals surface area contributed by atoms with Gasteiger partial charge in [-0.15, -0.1) is 0 Å². The third-order valence-corrected chi connectivity index (χ3v) is 4.01. The highest BCUT2D eigenvalue weighted by atomic mass is 16.4. The van der Waals surface area contributed by atoms with Crippen molar-refractivity contribution in [2.45, 2.75) is 40.7 Å². The lowest BCUT2D eigenvalue weighted by atomic mass is 9.89. The van der Waals surface area contributed by atoms with E-state index in [1.807, 2.05) is 34.6 Å². The summed E-state index contributed by atoms with van der Waals surface area (Å²) >= 11 is 0. The molecule has 1 unspecified atom stereocenters. The first kappa shape index (κ1) is 16.2. The van der Waals surface area contributed by atoms with Gasteiger partial charge in [-0.05, 0) is 62.4 Å². The molecular formula is C15H21NO4. The smallest absolute Gasteiger partial charge is 0.328 e. The molecule has 20 heavy (non-hydrogen) atoms. The van der Waals surface area contributed by atoms with Gasteiger partial charge >= 0.3 is 5.97 Å². The molecule has 0 saturated carbocycles.